The number of nitrogens with zero attached hydrogens (tertiary/aromatic N) is 4. The van der Waals surface area contributed by atoms with Gasteiger partial charge in [-0.2, -0.15) is 10.4 Å². The Morgan fingerprint density at radius 2 is 2.16 bits per heavy atom. The van der Waals surface area contributed by atoms with Crippen molar-refractivity contribution in [2.24, 2.45) is 0 Å². The molecule has 0 amide bonds. The zero-order valence-corrected chi connectivity index (χ0v) is 17.6. The molecule has 2 N–H and O–H groups in total. The van der Waals surface area contributed by atoms with Gasteiger partial charge in [0.15, 0.2) is 5.82 Å². The van der Waals surface area contributed by atoms with Gasteiger partial charge in [-0.25, -0.2) is 14.5 Å². The summed E-state index contributed by atoms with van der Waals surface area (Å²) in [6.07, 6.45) is 2.91. The molecule has 8 heteroatoms. The van der Waals surface area contributed by atoms with Crippen molar-refractivity contribution in [3.63, 3.8) is 0 Å². The van der Waals surface area contributed by atoms with Gasteiger partial charge in [-0.15, -0.1) is 0 Å². The Morgan fingerprint density at radius 1 is 1.35 bits per heavy atom. The van der Waals surface area contributed by atoms with E-state index in [4.69, 9.17) is 4.74 Å². The number of fused-ring (bicyclic) bond motifs is 1. The number of esters is 1. The number of cyclic esters (lactones) is 1. The van der Waals surface area contributed by atoms with E-state index in [1.165, 1.54) is 0 Å². The van der Waals surface area contributed by atoms with Gasteiger partial charge in [-0.1, -0.05) is 6.07 Å². The normalized spacial score (nSPS) is 13.6. The minimum absolute atomic E-state index is 0.259. The van der Waals surface area contributed by atoms with Crippen LogP contribution in [0.15, 0.2) is 30.6 Å². The number of nitrogens with one attached hydrogen (secondary N) is 1. The lowest BCUT2D eigenvalue weighted by Gasteiger charge is -2.16. The molecule has 1 atom stereocenters. The van der Waals surface area contributed by atoms with Crippen molar-refractivity contribution in [1.82, 2.24) is 20.1 Å². The van der Waals surface area contributed by atoms with E-state index in [9.17, 15) is 15.2 Å². The van der Waals surface area contributed by atoms with Crippen LogP contribution in [0.2, 0.25) is 0 Å². The van der Waals surface area contributed by atoms with Crippen molar-refractivity contribution in [2.45, 2.75) is 40.0 Å². The number of rotatable bonds is 6. The Kier molecular flexibility index (Phi) is 5.55. The number of benzene rings is 1. The SMILES string of the molecule is Cc1cc(-n2cc(CNCC(O)c3ccc4c(c3C)COC4=O)cn2)nc(C)c1C#N. The van der Waals surface area contributed by atoms with Gasteiger partial charge in [0.05, 0.1) is 29.1 Å². The monoisotopic (exact) mass is 417 g/mol. The van der Waals surface area contributed by atoms with Crippen LogP contribution in [0.1, 0.15) is 55.5 Å². The van der Waals surface area contributed by atoms with E-state index in [1.807, 2.05) is 33.0 Å². The number of carbonyl (C=O) groups excluding carboxylic acids is 1. The highest BCUT2D eigenvalue weighted by Crippen LogP contribution is 2.28. The first-order valence-electron chi connectivity index (χ1n) is 9.99. The second-order valence-electron chi connectivity index (χ2n) is 7.69. The molecule has 1 unspecified atom stereocenters. The number of aryl methyl sites for hydroxylation is 2. The second kappa shape index (κ2) is 8.30. The van der Waals surface area contributed by atoms with Gasteiger partial charge in [0.25, 0.3) is 0 Å². The Hall–Kier alpha value is -3.54. The molecule has 1 aromatic carbocycles. The lowest BCUT2D eigenvalue weighted by Crippen LogP contribution is -2.21. The molecule has 2 aromatic heterocycles. The Labute approximate surface area is 180 Å². The molecule has 0 aliphatic carbocycles. The first kappa shape index (κ1) is 20.7. The van der Waals surface area contributed by atoms with E-state index in [1.54, 1.807) is 23.0 Å². The molecule has 4 rings (SSSR count). The number of aliphatic hydroxyl groups is 1. The average molecular weight is 417 g/mol. The number of carbonyl (C=O) groups is 1. The molecule has 0 saturated heterocycles. The summed E-state index contributed by atoms with van der Waals surface area (Å²) >= 11 is 0. The lowest BCUT2D eigenvalue weighted by atomic mass is 9.95. The van der Waals surface area contributed by atoms with Crippen LogP contribution in [-0.4, -0.2) is 32.4 Å². The molecule has 158 valence electrons. The number of hydrogen-bond acceptors (Lipinski definition) is 7. The number of hydrogen-bond donors (Lipinski definition) is 2. The van der Waals surface area contributed by atoms with Crippen LogP contribution < -0.4 is 5.32 Å². The molecule has 1 aliphatic heterocycles. The third-order valence-electron chi connectivity index (χ3n) is 5.60. The molecule has 3 aromatic rings. The van der Waals surface area contributed by atoms with Gasteiger partial charge in [-0.3, -0.25) is 0 Å². The molecule has 0 spiro atoms. The topological polar surface area (TPSA) is 113 Å². The van der Waals surface area contributed by atoms with Crippen LogP contribution in [0, 0.1) is 32.1 Å². The standard InChI is InChI=1S/C23H23N5O3/c1-13-6-22(27-15(3)19(13)7-24)28-11-16(9-26-28)8-25-10-21(29)17-4-5-18-20(14(17)2)12-31-23(18)30/h4-6,9,11,21,25,29H,8,10,12H2,1-3H3. The summed E-state index contributed by atoms with van der Waals surface area (Å²) < 4.78 is 6.75. The molecule has 3 heterocycles. The highest BCUT2D eigenvalue weighted by atomic mass is 16.5. The maximum absolute atomic E-state index is 11.7. The van der Waals surface area contributed by atoms with Gasteiger partial charge in [0.1, 0.15) is 12.7 Å². The van der Waals surface area contributed by atoms with Crippen LogP contribution >= 0.6 is 0 Å². The number of ether oxygens (including phenoxy) is 1. The maximum Gasteiger partial charge on any atom is 0.338 e. The molecule has 0 bridgehead atoms. The summed E-state index contributed by atoms with van der Waals surface area (Å²) in [7, 11) is 0. The van der Waals surface area contributed by atoms with Gasteiger partial charge < -0.3 is 15.2 Å². The predicted octanol–water partition coefficient (Wildman–Crippen LogP) is 2.56. The molecule has 0 fully saturated rings. The highest BCUT2D eigenvalue weighted by molar-refractivity contribution is 5.93. The predicted molar refractivity (Wildman–Crippen MR) is 113 cm³/mol. The first-order chi connectivity index (χ1) is 14.9. The number of pyridine rings is 1. The summed E-state index contributed by atoms with van der Waals surface area (Å²) in [5.41, 5.74) is 6.17. The third kappa shape index (κ3) is 3.93. The van der Waals surface area contributed by atoms with Gasteiger partial charge in [-0.05, 0) is 49.6 Å². The lowest BCUT2D eigenvalue weighted by molar-refractivity contribution is 0.0535. The minimum atomic E-state index is -0.707. The van der Waals surface area contributed by atoms with Crippen molar-refractivity contribution in [2.75, 3.05) is 6.54 Å². The highest BCUT2D eigenvalue weighted by Gasteiger charge is 2.25. The van der Waals surface area contributed by atoms with Crippen LogP contribution in [0.25, 0.3) is 5.82 Å². The van der Waals surface area contributed by atoms with Crippen molar-refractivity contribution in [3.8, 4) is 11.9 Å². The van der Waals surface area contributed by atoms with E-state index < -0.39 is 6.10 Å². The van der Waals surface area contributed by atoms with Gasteiger partial charge in [0.2, 0.25) is 0 Å². The molecular weight excluding hydrogens is 394 g/mol. The van der Waals surface area contributed by atoms with Crippen molar-refractivity contribution in [1.29, 1.82) is 5.26 Å². The van der Waals surface area contributed by atoms with E-state index in [-0.39, 0.29) is 12.6 Å². The maximum atomic E-state index is 11.7. The summed E-state index contributed by atoms with van der Waals surface area (Å²) in [5, 5.41) is 27.4. The average Bonchev–Trinajstić information content (AvgIpc) is 3.35. The van der Waals surface area contributed by atoms with Gasteiger partial charge >= 0.3 is 5.97 Å². The number of nitriles is 1. The fraction of sp³-hybridized carbons (Fsp3) is 0.304. The number of aliphatic hydroxyl groups excluding tert-OH is 1. The Bertz CT molecular complexity index is 1190. The van der Waals surface area contributed by atoms with E-state index in [0.29, 0.717) is 35.7 Å². The van der Waals surface area contributed by atoms with E-state index >= 15 is 0 Å². The summed E-state index contributed by atoms with van der Waals surface area (Å²) in [4.78, 5) is 16.1. The van der Waals surface area contributed by atoms with E-state index in [2.05, 4.69) is 21.5 Å². The van der Waals surface area contributed by atoms with Crippen LogP contribution in [0.3, 0.4) is 0 Å². The van der Waals surface area contributed by atoms with Gasteiger partial charge in [0, 0.05) is 30.4 Å². The summed E-state index contributed by atoms with van der Waals surface area (Å²) in [5.74, 6) is 0.349. The second-order valence-corrected chi connectivity index (χ2v) is 7.69. The molecule has 31 heavy (non-hydrogen) atoms. The summed E-state index contributed by atoms with van der Waals surface area (Å²) in [6.45, 7) is 6.73. The zero-order valence-electron chi connectivity index (χ0n) is 17.6. The quantitative estimate of drug-likeness (QED) is 0.593. The third-order valence-corrected chi connectivity index (χ3v) is 5.60. The Balaban J connectivity index is 1.40. The summed E-state index contributed by atoms with van der Waals surface area (Å²) in [6, 6.07) is 7.51. The zero-order chi connectivity index (χ0) is 22.1. The first-order valence-corrected chi connectivity index (χ1v) is 9.99. The van der Waals surface area contributed by atoms with Crippen LogP contribution in [0.4, 0.5) is 0 Å². The fourth-order valence-corrected chi connectivity index (χ4v) is 3.87. The molecule has 1 aliphatic rings. The fourth-order valence-electron chi connectivity index (χ4n) is 3.87. The van der Waals surface area contributed by atoms with Crippen molar-refractivity contribution >= 4 is 5.97 Å². The minimum Gasteiger partial charge on any atom is -0.457 e. The Morgan fingerprint density at radius 3 is 2.90 bits per heavy atom. The smallest absolute Gasteiger partial charge is 0.338 e. The molecule has 8 nitrogen and oxygen atoms in total. The van der Waals surface area contributed by atoms with Crippen molar-refractivity contribution < 1.29 is 14.6 Å². The number of aromatic nitrogens is 3. The van der Waals surface area contributed by atoms with Crippen LogP contribution in [0.5, 0.6) is 0 Å². The molecule has 0 radical (unpaired) electrons. The largest absolute Gasteiger partial charge is 0.457 e. The molecular formula is C23H23N5O3. The van der Waals surface area contributed by atoms with Crippen molar-refractivity contribution in [3.05, 3.63) is 75.2 Å². The van der Waals surface area contributed by atoms with E-state index in [0.717, 1.165) is 27.8 Å². The molecule has 0 saturated carbocycles. The van der Waals surface area contributed by atoms with Crippen LogP contribution in [-0.2, 0) is 17.9 Å².